The van der Waals surface area contributed by atoms with Gasteiger partial charge in [-0.15, -0.1) is 0 Å². The summed E-state index contributed by atoms with van der Waals surface area (Å²) in [5.41, 5.74) is 4.98. The minimum absolute atomic E-state index is 0.635. The van der Waals surface area contributed by atoms with Crippen LogP contribution in [0.25, 0.3) is 0 Å². The molecule has 0 aliphatic carbocycles. The topological polar surface area (TPSA) is 76.7 Å². The standard InChI is InChI=1S/C17H22N8/c1-23-10-13(8-21-23)11-25-7-4-14-15(22-24(2)16(14)12-25)9-20-17-18-5-3-6-19-17/h3,5-6,8,10H,4,7,9,11-12H2,1-2H3,(H,18,19,20). The highest BCUT2D eigenvalue weighted by Crippen LogP contribution is 2.23. The molecule has 130 valence electrons. The molecule has 1 N–H and O–H groups in total. The van der Waals surface area contributed by atoms with Gasteiger partial charge in [-0.05, 0) is 12.5 Å². The van der Waals surface area contributed by atoms with Crippen molar-refractivity contribution >= 4 is 5.95 Å². The van der Waals surface area contributed by atoms with E-state index in [0.717, 1.165) is 31.7 Å². The van der Waals surface area contributed by atoms with Gasteiger partial charge in [0.1, 0.15) is 0 Å². The van der Waals surface area contributed by atoms with Gasteiger partial charge in [0.05, 0.1) is 24.1 Å². The van der Waals surface area contributed by atoms with Crippen molar-refractivity contribution in [3.05, 3.63) is 53.4 Å². The minimum atomic E-state index is 0.635. The minimum Gasteiger partial charge on any atom is -0.348 e. The zero-order valence-electron chi connectivity index (χ0n) is 14.6. The number of hydrogen-bond donors (Lipinski definition) is 1. The van der Waals surface area contributed by atoms with Gasteiger partial charge in [-0.1, -0.05) is 0 Å². The molecule has 4 rings (SSSR count). The van der Waals surface area contributed by atoms with Gasteiger partial charge in [0.25, 0.3) is 0 Å². The second kappa shape index (κ2) is 6.64. The number of nitrogens with zero attached hydrogens (tertiary/aromatic N) is 7. The van der Waals surface area contributed by atoms with E-state index in [0.29, 0.717) is 12.5 Å². The lowest BCUT2D eigenvalue weighted by Crippen LogP contribution is -2.31. The summed E-state index contributed by atoms with van der Waals surface area (Å²) in [4.78, 5) is 10.8. The summed E-state index contributed by atoms with van der Waals surface area (Å²) >= 11 is 0. The Morgan fingerprint density at radius 1 is 1.20 bits per heavy atom. The fourth-order valence-electron chi connectivity index (χ4n) is 3.35. The highest BCUT2D eigenvalue weighted by atomic mass is 15.3. The first-order valence-corrected chi connectivity index (χ1v) is 8.43. The summed E-state index contributed by atoms with van der Waals surface area (Å²) < 4.78 is 3.86. The third kappa shape index (κ3) is 3.39. The normalized spacial score (nSPS) is 14.5. The van der Waals surface area contributed by atoms with Crippen LogP contribution in [0.1, 0.15) is 22.5 Å². The SMILES string of the molecule is Cn1cc(CN2CCc3c(CNc4ncccn4)nn(C)c3C2)cn1. The fraction of sp³-hybridized carbons (Fsp3) is 0.412. The number of nitrogens with one attached hydrogen (secondary N) is 1. The molecule has 0 spiro atoms. The average molecular weight is 338 g/mol. The van der Waals surface area contributed by atoms with E-state index in [2.05, 4.69) is 31.5 Å². The summed E-state index contributed by atoms with van der Waals surface area (Å²) in [7, 11) is 3.98. The van der Waals surface area contributed by atoms with Crippen LogP contribution in [0.3, 0.4) is 0 Å². The zero-order valence-corrected chi connectivity index (χ0v) is 14.6. The Kier molecular flexibility index (Phi) is 4.19. The van der Waals surface area contributed by atoms with E-state index in [1.165, 1.54) is 16.8 Å². The van der Waals surface area contributed by atoms with Crippen LogP contribution in [-0.2, 0) is 40.2 Å². The summed E-state index contributed by atoms with van der Waals surface area (Å²) in [5.74, 6) is 0.635. The predicted octanol–water partition coefficient (Wildman–Crippen LogP) is 1.11. The smallest absolute Gasteiger partial charge is 0.222 e. The Labute approximate surface area is 146 Å². The van der Waals surface area contributed by atoms with Crippen molar-refractivity contribution in [3.63, 3.8) is 0 Å². The van der Waals surface area contributed by atoms with E-state index in [9.17, 15) is 0 Å². The van der Waals surface area contributed by atoms with Crippen LogP contribution in [0.4, 0.5) is 5.95 Å². The van der Waals surface area contributed by atoms with Gasteiger partial charge in [0.2, 0.25) is 5.95 Å². The monoisotopic (exact) mass is 338 g/mol. The Balaban J connectivity index is 1.45. The van der Waals surface area contributed by atoms with Gasteiger partial charge in [-0.2, -0.15) is 10.2 Å². The molecule has 0 fully saturated rings. The van der Waals surface area contributed by atoms with E-state index in [4.69, 9.17) is 5.10 Å². The third-order valence-electron chi connectivity index (χ3n) is 4.55. The van der Waals surface area contributed by atoms with E-state index in [-0.39, 0.29) is 0 Å². The highest BCUT2D eigenvalue weighted by molar-refractivity contribution is 5.32. The first-order chi connectivity index (χ1) is 12.2. The maximum Gasteiger partial charge on any atom is 0.222 e. The molecule has 0 bridgehead atoms. The molecule has 1 aliphatic heterocycles. The molecule has 0 aromatic carbocycles. The van der Waals surface area contributed by atoms with Crippen molar-refractivity contribution in [1.82, 2.24) is 34.4 Å². The molecule has 0 atom stereocenters. The molecule has 0 saturated carbocycles. The fourth-order valence-corrected chi connectivity index (χ4v) is 3.35. The Morgan fingerprint density at radius 3 is 2.80 bits per heavy atom. The quantitative estimate of drug-likeness (QED) is 0.751. The first kappa shape index (κ1) is 15.8. The average Bonchev–Trinajstić information content (AvgIpc) is 3.17. The molecule has 25 heavy (non-hydrogen) atoms. The summed E-state index contributed by atoms with van der Waals surface area (Å²) in [5, 5.41) is 12.2. The van der Waals surface area contributed by atoms with E-state index < -0.39 is 0 Å². The van der Waals surface area contributed by atoms with Gasteiger partial charge in [0.15, 0.2) is 0 Å². The predicted molar refractivity (Wildman–Crippen MR) is 93.6 cm³/mol. The van der Waals surface area contributed by atoms with Crippen LogP contribution in [0.15, 0.2) is 30.9 Å². The highest BCUT2D eigenvalue weighted by Gasteiger charge is 2.24. The van der Waals surface area contributed by atoms with Gasteiger partial charge in [-0.3, -0.25) is 14.3 Å². The Morgan fingerprint density at radius 2 is 2.04 bits per heavy atom. The molecule has 4 heterocycles. The molecule has 3 aromatic heterocycles. The van der Waals surface area contributed by atoms with Crippen molar-refractivity contribution in [2.24, 2.45) is 14.1 Å². The van der Waals surface area contributed by atoms with Gasteiger partial charge < -0.3 is 5.32 Å². The van der Waals surface area contributed by atoms with E-state index in [1.807, 2.05) is 35.7 Å². The number of fused-ring (bicyclic) bond motifs is 1. The summed E-state index contributed by atoms with van der Waals surface area (Å²) in [6.45, 7) is 3.51. The van der Waals surface area contributed by atoms with Crippen molar-refractivity contribution in [3.8, 4) is 0 Å². The van der Waals surface area contributed by atoms with Crippen LogP contribution >= 0.6 is 0 Å². The third-order valence-corrected chi connectivity index (χ3v) is 4.55. The van der Waals surface area contributed by atoms with Crippen LogP contribution < -0.4 is 5.32 Å². The van der Waals surface area contributed by atoms with Crippen LogP contribution in [-0.4, -0.2) is 41.0 Å². The maximum atomic E-state index is 4.71. The molecule has 0 radical (unpaired) electrons. The second-order valence-corrected chi connectivity index (χ2v) is 6.40. The lowest BCUT2D eigenvalue weighted by atomic mass is 10.0. The van der Waals surface area contributed by atoms with Crippen molar-refractivity contribution in [2.75, 3.05) is 11.9 Å². The number of rotatable bonds is 5. The molecule has 3 aromatic rings. The lowest BCUT2D eigenvalue weighted by molar-refractivity contribution is 0.238. The number of aryl methyl sites for hydroxylation is 2. The van der Waals surface area contributed by atoms with Gasteiger partial charge in [0, 0.05) is 63.4 Å². The van der Waals surface area contributed by atoms with E-state index >= 15 is 0 Å². The molecule has 1 aliphatic rings. The van der Waals surface area contributed by atoms with E-state index in [1.54, 1.807) is 12.4 Å². The van der Waals surface area contributed by atoms with Gasteiger partial charge in [-0.25, -0.2) is 9.97 Å². The number of anilines is 1. The Hall–Kier alpha value is -2.74. The lowest BCUT2D eigenvalue weighted by Gasteiger charge is -2.27. The zero-order chi connectivity index (χ0) is 17.2. The van der Waals surface area contributed by atoms with Crippen molar-refractivity contribution in [2.45, 2.75) is 26.1 Å². The maximum absolute atomic E-state index is 4.71. The molecular weight excluding hydrogens is 316 g/mol. The number of hydrogen-bond acceptors (Lipinski definition) is 6. The summed E-state index contributed by atoms with van der Waals surface area (Å²) in [6, 6.07) is 1.81. The molecule has 8 nitrogen and oxygen atoms in total. The summed E-state index contributed by atoms with van der Waals surface area (Å²) in [6.07, 6.45) is 8.50. The Bertz CT molecular complexity index is 851. The molecule has 8 heteroatoms. The van der Waals surface area contributed by atoms with Crippen LogP contribution in [0, 0.1) is 0 Å². The molecule has 0 amide bonds. The first-order valence-electron chi connectivity index (χ1n) is 8.43. The molecule has 0 unspecified atom stereocenters. The number of aromatic nitrogens is 6. The van der Waals surface area contributed by atoms with Crippen molar-refractivity contribution in [1.29, 1.82) is 0 Å². The van der Waals surface area contributed by atoms with Crippen LogP contribution in [0.2, 0.25) is 0 Å². The largest absolute Gasteiger partial charge is 0.348 e. The second-order valence-electron chi connectivity index (χ2n) is 6.40. The molecular formula is C17H22N8. The van der Waals surface area contributed by atoms with Crippen LogP contribution in [0.5, 0.6) is 0 Å². The van der Waals surface area contributed by atoms with Gasteiger partial charge >= 0.3 is 0 Å². The van der Waals surface area contributed by atoms with Crippen molar-refractivity contribution < 1.29 is 0 Å². The molecule has 0 saturated heterocycles.